The lowest BCUT2D eigenvalue weighted by atomic mass is 9.95. The fraction of sp³-hybridized carbons (Fsp3) is 0.143. The molecule has 0 saturated carbocycles. The van der Waals surface area contributed by atoms with Gasteiger partial charge in [-0.25, -0.2) is 0 Å². The number of nitrogens with zero attached hydrogens (tertiary/aromatic N) is 2. The van der Waals surface area contributed by atoms with Crippen LogP contribution in [0.1, 0.15) is 24.7 Å². The van der Waals surface area contributed by atoms with Crippen LogP contribution in [0.15, 0.2) is 84.9 Å². The molecule has 2 heteroatoms. The molecule has 0 saturated heterocycles. The largest absolute Gasteiger partial charge is 0.251 e. The highest BCUT2D eigenvalue weighted by Crippen LogP contribution is 2.36. The number of aryl methyl sites for hydroxylation is 2. The molecular weight excluding hydrogens is 364 g/mol. The predicted molar refractivity (Wildman–Crippen MR) is 127 cm³/mol. The molecule has 5 aromatic rings. The van der Waals surface area contributed by atoms with E-state index in [4.69, 9.17) is 9.97 Å². The third-order valence-electron chi connectivity index (χ3n) is 5.62. The molecule has 0 amide bonds. The Labute approximate surface area is 177 Å². The van der Waals surface area contributed by atoms with Gasteiger partial charge >= 0.3 is 0 Å². The van der Waals surface area contributed by atoms with Crippen molar-refractivity contribution >= 4 is 21.8 Å². The molecule has 0 radical (unpaired) electrons. The number of pyridine rings is 2. The second-order valence-electron chi connectivity index (χ2n) is 7.81. The maximum absolute atomic E-state index is 5.09. The third-order valence-corrected chi connectivity index (χ3v) is 5.62. The minimum Gasteiger partial charge on any atom is -0.251 e. The lowest BCUT2D eigenvalue weighted by Gasteiger charge is -2.14. The number of fused-ring (bicyclic) bond motifs is 3. The van der Waals surface area contributed by atoms with E-state index in [1.807, 2.05) is 0 Å². The van der Waals surface area contributed by atoms with E-state index in [1.54, 1.807) is 0 Å². The zero-order valence-electron chi connectivity index (χ0n) is 17.4. The van der Waals surface area contributed by atoms with Crippen LogP contribution in [0.2, 0.25) is 0 Å². The lowest BCUT2D eigenvalue weighted by molar-refractivity contribution is 0.890. The van der Waals surface area contributed by atoms with Crippen molar-refractivity contribution in [2.45, 2.75) is 26.7 Å². The van der Waals surface area contributed by atoms with Gasteiger partial charge in [0.25, 0.3) is 0 Å². The van der Waals surface area contributed by atoms with Crippen molar-refractivity contribution in [3.8, 4) is 22.3 Å². The monoisotopic (exact) mass is 388 g/mol. The highest BCUT2D eigenvalue weighted by Gasteiger charge is 2.14. The maximum Gasteiger partial charge on any atom is 0.0974 e. The van der Waals surface area contributed by atoms with E-state index in [-0.39, 0.29) is 0 Å². The molecule has 0 N–H and O–H groups in total. The Morgan fingerprint density at radius 3 is 1.73 bits per heavy atom. The Balaban J connectivity index is 1.88. The van der Waals surface area contributed by atoms with Crippen LogP contribution in [-0.4, -0.2) is 9.97 Å². The average molecular weight is 389 g/mol. The lowest BCUT2D eigenvalue weighted by Crippen LogP contribution is -1.97. The fourth-order valence-electron chi connectivity index (χ4n) is 4.25. The highest BCUT2D eigenvalue weighted by atomic mass is 14.8. The van der Waals surface area contributed by atoms with Gasteiger partial charge in [-0.15, -0.1) is 0 Å². The van der Waals surface area contributed by atoms with Gasteiger partial charge in [0.2, 0.25) is 0 Å². The molecule has 0 aliphatic carbocycles. The molecule has 30 heavy (non-hydrogen) atoms. The maximum atomic E-state index is 5.09. The normalized spacial score (nSPS) is 11.3. The van der Waals surface area contributed by atoms with Gasteiger partial charge in [0.05, 0.1) is 11.0 Å². The first-order valence-corrected chi connectivity index (χ1v) is 10.6. The van der Waals surface area contributed by atoms with E-state index >= 15 is 0 Å². The summed E-state index contributed by atoms with van der Waals surface area (Å²) in [6, 6.07) is 30.0. The van der Waals surface area contributed by atoms with Crippen molar-refractivity contribution in [1.29, 1.82) is 0 Å². The van der Waals surface area contributed by atoms with Crippen LogP contribution in [0.4, 0.5) is 0 Å². The van der Waals surface area contributed by atoms with Crippen LogP contribution in [-0.2, 0) is 6.42 Å². The molecule has 0 aliphatic rings. The molecule has 2 nitrogen and oxygen atoms in total. The van der Waals surface area contributed by atoms with E-state index < -0.39 is 0 Å². The molecule has 3 aromatic carbocycles. The van der Waals surface area contributed by atoms with Crippen LogP contribution < -0.4 is 0 Å². The SMILES string of the molecule is CCCc1cc(-c2ccccc2)c2ccc3c(-c4ccccc4)cc(C)nc3c2n1. The summed E-state index contributed by atoms with van der Waals surface area (Å²) in [5.41, 5.74) is 9.00. The molecule has 0 fully saturated rings. The second-order valence-corrected chi connectivity index (χ2v) is 7.81. The van der Waals surface area contributed by atoms with E-state index in [1.165, 1.54) is 22.3 Å². The summed E-state index contributed by atoms with van der Waals surface area (Å²) < 4.78 is 0. The van der Waals surface area contributed by atoms with Crippen molar-refractivity contribution in [1.82, 2.24) is 9.97 Å². The summed E-state index contributed by atoms with van der Waals surface area (Å²) in [6.45, 7) is 4.27. The quantitative estimate of drug-likeness (QED) is 0.300. The average Bonchev–Trinajstić information content (AvgIpc) is 2.79. The Morgan fingerprint density at radius 1 is 0.633 bits per heavy atom. The summed E-state index contributed by atoms with van der Waals surface area (Å²) in [6.07, 6.45) is 2.03. The minimum absolute atomic E-state index is 0.962. The van der Waals surface area contributed by atoms with Gasteiger partial charge in [-0.2, -0.15) is 0 Å². The van der Waals surface area contributed by atoms with Gasteiger partial charge in [0, 0.05) is 22.2 Å². The van der Waals surface area contributed by atoms with Gasteiger partial charge < -0.3 is 0 Å². The molecule has 0 unspecified atom stereocenters. The predicted octanol–water partition coefficient (Wildman–Crippen LogP) is 7.38. The van der Waals surface area contributed by atoms with Gasteiger partial charge in [-0.1, -0.05) is 86.1 Å². The van der Waals surface area contributed by atoms with Crippen LogP contribution in [0, 0.1) is 6.92 Å². The van der Waals surface area contributed by atoms with Gasteiger partial charge in [0.1, 0.15) is 0 Å². The minimum atomic E-state index is 0.962. The molecule has 0 aliphatic heterocycles. The Kier molecular flexibility index (Phi) is 4.76. The molecule has 0 spiro atoms. The smallest absolute Gasteiger partial charge is 0.0974 e. The number of hydrogen-bond donors (Lipinski definition) is 0. The Morgan fingerprint density at radius 2 is 1.17 bits per heavy atom. The summed E-state index contributed by atoms with van der Waals surface area (Å²) >= 11 is 0. The zero-order chi connectivity index (χ0) is 20.5. The van der Waals surface area contributed by atoms with Crippen LogP contribution in [0.3, 0.4) is 0 Å². The molecule has 2 aromatic heterocycles. The van der Waals surface area contributed by atoms with Crippen LogP contribution >= 0.6 is 0 Å². The highest BCUT2D eigenvalue weighted by molar-refractivity contribution is 6.12. The summed E-state index contributed by atoms with van der Waals surface area (Å²) in [7, 11) is 0. The number of hydrogen-bond acceptors (Lipinski definition) is 2. The van der Waals surface area contributed by atoms with E-state index in [0.29, 0.717) is 0 Å². The molecule has 5 rings (SSSR count). The van der Waals surface area contributed by atoms with Crippen molar-refractivity contribution < 1.29 is 0 Å². The van der Waals surface area contributed by atoms with E-state index in [2.05, 4.69) is 98.8 Å². The van der Waals surface area contributed by atoms with Gasteiger partial charge in [0.15, 0.2) is 0 Å². The van der Waals surface area contributed by atoms with Crippen molar-refractivity contribution in [3.05, 3.63) is 96.3 Å². The second kappa shape index (κ2) is 7.72. The summed E-state index contributed by atoms with van der Waals surface area (Å²) in [5.74, 6) is 0. The number of rotatable bonds is 4. The van der Waals surface area contributed by atoms with Crippen molar-refractivity contribution in [2.75, 3.05) is 0 Å². The first kappa shape index (κ1) is 18.5. The summed E-state index contributed by atoms with van der Waals surface area (Å²) in [5, 5.41) is 2.31. The van der Waals surface area contributed by atoms with Crippen molar-refractivity contribution in [2.24, 2.45) is 0 Å². The number of benzene rings is 3. The van der Waals surface area contributed by atoms with Crippen LogP contribution in [0.5, 0.6) is 0 Å². The topological polar surface area (TPSA) is 25.8 Å². The molecular formula is C28H24N2. The van der Waals surface area contributed by atoms with Crippen LogP contribution in [0.25, 0.3) is 44.1 Å². The zero-order valence-corrected chi connectivity index (χ0v) is 17.4. The Hall–Kier alpha value is -3.52. The third kappa shape index (κ3) is 3.25. The molecule has 146 valence electrons. The fourth-order valence-corrected chi connectivity index (χ4v) is 4.25. The van der Waals surface area contributed by atoms with Gasteiger partial charge in [-0.05, 0) is 47.7 Å². The van der Waals surface area contributed by atoms with E-state index in [9.17, 15) is 0 Å². The first-order valence-electron chi connectivity index (χ1n) is 10.6. The molecule has 0 atom stereocenters. The van der Waals surface area contributed by atoms with E-state index in [0.717, 1.165) is 46.0 Å². The summed E-state index contributed by atoms with van der Waals surface area (Å²) in [4.78, 5) is 10.1. The molecule has 0 bridgehead atoms. The van der Waals surface area contributed by atoms with Gasteiger partial charge in [-0.3, -0.25) is 9.97 Å². The van der Waals surface area contributed by atoms with Crippen molar-refractivity contribution in [3.63, 3.8) is 0 Å². The molecule has 2 heterocycles. The standard InChI is InChI=1S/C28H24N2/c1-3-10-22-18-26(21-13-8-5-9-14-21)24-16-15-23-25(20-11-6-4-7-12-20)17-19(2)29-27(23)28(24)30-22/h4-9,11-18H,3,10H2,1-2H3. The first-order chi connectivity index (χ1) is 14.7. The Bertz CT molecular complexity index is 1340. The number of aromatic nitrogens is 2.